The molecule has 0 radical (unpaired) electrons. The van der Waals surface area contributed by atoms with Crippen molar-refractivity contribution >= 4 is 27.8 Å². The van der Waals surface area contributed by atoms with Crippen molar-refractivity contribution in [2.45, 2.75) is 11.9 Å². The zero-order chi connectivity index (χ0) is 14.4. The third-order valence-electron chi connectivity index (χ3n) is 3.70. The van der Waals surface area contributed by atoms with E-state index in [9.17, 15) is 4.79 Å². The molecule has 2 aromatic rings. The van der Waals surface area contributed by atoms with E-state index in [1.54, 1.807) is 18.2 Å². The lowest BCUT2D eigenvalue weighted by molar-refractivity contribution is 0.0902. The molecular formula is C17H11BrO3. The molecule has 0 spiro atoms. The molecule has 4 heteroatoms. The Morgan fingerprint density at radius 3 is 2.76 bits per heavy atom. The van der Waals surface area contributed by atoms with Crippen LogP contribution in [-0.4, -0.2) is 17.7 Å². The topological polar surface area (TPSA) is 38.8 Å². The zero-order valence-corrected chi connectivity index (χ0v) is 12.5. The van der Waals surface area contributed by atoms with Gasteiger partial charge < -0.3 is 9.47 Å². The van der Waals surface area contributed by atoms with E-state index in [0.717, 1.165) is 10.0 Å². The van der Waals surface area contributed by atoms with Crippen LogP contribution in [0.5, 0.6) is 5.75 Å². The Labute approximate surface area is 130 Å². The molecule has 4 rings (SSSR count). The minimum absolute atomic E-state index is 0.0477. The molecule has 2 heterocycles. The van der Waals surface area contributed by atoms with E-state index < -0.39 is 11.9 Å². The van der Waals surface area contributed by atoms with E-state index in [4.69, 9.17) is 9.47 Å². The molecule has 0 amide bonds. The number of hydrogen-bond donors (Lipinski definition) is 0. The van der Waals surface area contributed by atoms with Crippen LogP contribution >= 0.6 is 15.9 Å². The average molecular weight is 343 g/mol. The Bertz CT molecular complexity index is 754. The monoisotopic (exact) mass is 342 g/mol. The summed E-state index contributed by atoms with van der Waals surface area (Å²) in [6.07, 6.45) is 3.16. The van der Waals surface area contributed by atoms with Gasteiger partial charge in [-0.1, -0.05) is 52.3 Å². The van der Waals surface area contributed by atoms with E-state index in [1.807, 2.05) is 42.5 Å². The first-order chi connectivity index (χ1) is 10.2. The van der Waals surface area contributed by atoms with Crippen molar-refractivity contribution in [3.63, 3.8) is 0 Å². The molecule has 1 fully saturated rings. The first-order valence-electron chi connectivity index (χ1n) is 6.62. The van der Waals surface area contributed by atoms with Gasteiger partial charge in [0.05, 0.1) is 5.56 Å². The number of ether oxygens (including phenoxy) is 2. The number of rotatable bonds is 2. The summed E-state index contributed by atoms with van der Waals surface area (Å²) >= 11 is 3.37. The lowest BCUT2D eigenvalue weighted by Gasteiger charge is -2.17. The van der Waals surface area contributed by atoms with E-state index >= 15 is 0 Å². The minimum atomic E-state index is -0.962. The van der Waals surface area contributed by atoms with Gasteiger partial charge in [0.2, 0.25) is 17.7 Å². The number of carbonyl (C=O) groups is 1. The molecule has 2 aliphatic heterocycles. The Kier molecular flexibility index (Phi) is 2.77. The lowest BCUT2D eigenvalue weighted by atomic mass is 9.93. The molecule has 2 aliphatic rings. The normalized spacial score (nSPS) is 26.1. The number of epoxide rings is 1. The highest BCUT2D eigenvalue weighted by Gasteiger charge is 2.66. The Morgan fingerprint density at radius 2 is 1.95 bits per heavy atom. The Morgan fingerprint density at radius 1 is 1.14 bits per heavy atom. The summed E-state index contributed by atoms with van der Waals surface area (Å²) < 4.78 is 12.1. The molecule has 0 saturated carbocycles. The highest BCUT2D eigenvalue weighted by atomic mass is 79.9. The van der Waals surface area contributed by atoms with Crippen molar-refractivity contribution in [2.75, 3.05) is 0 Å². The van der Waals surface area contributed by atoms with Crippen molar-refractivity contribution < 1.29 is 14.3 Å². The summed E-state index contributed by atoms with van der Waals surface area (Å²) in [5.41, 5.74) is 0.622. The minimum Gasteiger partial charge on any atom is -0.460 e. The zero-order valence-electron chi connectivity index (χ0n) is 11.0. The lowest BCUT2D eigenvalue weighted by Crippen LogP contribution is -2.32. The molecule has 0 aromatic heterocycles. The van der Waals surface area contributed by atoms with E-state index in [-0.39, 0.29) is 5.78 Å². The van der Waals surface area contributed by atoms with Gasteiger partial charge in [0, 0.05) is 4.47 Å². The van der Waals surface area contributed by atoms with Crippen molar-refractivity contribution in [3.05, 3.63) is 70.2 Å². The SMILES string of the molecule is O=C1c2ccc(Br)cc2OC2OC12/C=C/c1ccccc1. The standard InChI is InChI=1S/C17H11BrO3/c18-12-6-7-13-14(10-12)20-16-17(21-16,15(13)19)9-8-11-4-2-1-3-5-11/h1-10,16H/b9-8+. The molecule has 0 aliphatic carbocycles. The van der Waals surface area contributed by atoms with Crippen LogP contribution in [0.1, 0.15) is 15.9 Å². The summed E-state index contributed by atoms with van der Waals surface area (Å²) in [5.74, 6) is 0.522. The molecule has 104 valence electrons. The predicted molar refractivity (Wildman–Crippen MR) is 82.2 cm³/mol. The third kappa shape index (κ3) is 2.03. The van der Waals surface area contributed by atoms with Crippen molar-refractivity contribution in [2.24, 2.45) is 0 Å². The van der Waals surface area contributed by atoms with Gasteiger partial charge in [-0.15, -0.1) is 0 Å². The Hall–Kier alpha value is -1.91. The van der Waals surface area contributed by atoms with Crippen LogP contribution in [0, 0.1) is 0 Å². The molecular weight excluding hydrogens is 332 g/mol. The van der Waals surface area contributed by atoms with Crippen LogP contribution < -0.4 is 4.74 Å². The summed E-state index contributed by atoms with van der Waals surface area (Å²) in [4.78, 5) is 12.6. The molecule has 3 nitrogen and oxygen atoms in total. The maximum atomic E-state index is 12.6. The van der Waals surface area contributed by atoms with Crippen LogP contribution in [0.4, 0.5) is 0 Å². The Balaban J connectivity index is 1.68. The molecule has 0 N–H and O–H groups in total. The number of hydrogen-bond acceptors (Lipinski definition) is 3. The van der Waals surface area contributed by atoms with Crippen LogP contribution in [0.25, 0.3) is 6.08 Å². The summed E-state index contributed by atoms with van der Waals surface area (Å²) in [6.45, 7) is 0. The smallest absolute Gasteiger partial charge is 0.242 e. The average Bonchev–Trinajstić information content (AvgIpc) is 3.21. The van der Waals surface area contributed by atoms with Gasteiger partial charge in [0.25, 0.3) is 0 Å². The second-order valence-corrected chi connectivity index (χ2v) is 5.99. The van der Waals surface area contributed by atoms with Gasteiger partial charge in [-0.3, -0.25) is 4.79 Å². The number of fused-ring (bicyclic) bond motifs is 2. The van der Waals surface area contributed by atoms with Gasteiger partial charge in [-0.05, 0) is 29.8 Å². The second kappa shape index (κ2) is 4.55. The largest absolute Gasteiger partial charge is 0.460 e. The fraction of sp³-hybridized carbons (Fsp3) is 0.118. The second-order valence-electron chi connectivity index (χ2n) is 5.07. The van der Waals surface area contributed by atoms with Crippen molar-refractivity contribution in [3.8, 4) is 5.75 Å². The van der Waals surface area contributed by atoms with E-state index in [1.165, 1.54) is 0 Å². The number of Topliss-reactive ketones (excluding diaryl/α,β-unsaturated/α-hetero) is 1. The molecule has 2 aromatic carbocycles. The molecule has 2 atom stereocenters. The quantitative estimate of drug-likeness (QED) is 0.778. The number of carbonyl (C=O) groups excluding carboxylic acids is 1. The number of halogens is 1. The maximum Gasteiger partial charge on any atom is 0.242 e. The molecule has 2 unspecified atom stereocenters. The molecule has 0 bridgehead atoms. The van der Waals surface area contributed by atoms with Crippen molar-refractivity contribution in [1.82, 2.24) is 0 Å². The predicted octanol–water partition coefficient (Wildman–Crippen LogP) is 3.83. The van der Waals surface area contributed by atoms with Crippen LogP contribution in [0.2, 0.25) is 0 Å². The van der Waals surface area contributed by atoms with Crippen LogP contribution in [-0.2, 0) is 4.74 Å². The third-order valence-corrected chi connectivity index (χ3v) is 4.19. The number of ketones is 1. The summed E-state index contributed by atoms with van der Waals surface area (Å²) in [5, 5.41) is 0. The maximum absolute atomic E-state index is 12.6. The molecule has 21 heavy (non-hydrogen) atoms. The summed E-state index contributed by atoms with van der Waals surface area (Å²) in [6, 6.07) is 15.2. The van der Waals surface area contributed by atoms with Gasteiger partial charge in [0.15, 0.2) is 0 Å². The fourth-order valence-corrected chi connectivity index (χ4v) is 2.84. The first-order valence-corrected chi connectivity index (χ1v) is 7.41. The van der Waals surface area contributed by atoms with Crippen molar-refractivity contribution in [1.29, 1.82) is 0 Å². The fourth-order valence-electron chi connectivity index (χ4n) is 2.50. The van der Waals surface area contributed by atoms with Gasteiger partial charge in [-0.25, -0.2) is 0 Å². The van der Waals surface area contributed by atoms with E-state index in [0.29, 0.717) is 11.3 Å². The van der Waals surface area contributed by atoms with Crippen LogP contribution in [0.15, 0.2) is 59.1 Å². The van der Waals surface area contributed by atoms with Gasteiger partial charge in [0.1, 0.15) is 5.75 Å². The van der Waals surface area contributed by atoms with Crippen LogP contribution in [0.3, 0.4) is 0 Å². The highest BCUT2D eigenvalue weighted by molar-refractivity contribution is 9.10. The number of benzene rings is 2. The van der Waals surface area contributed by atoms with Gasteiger partial charge in [-0.2, -0.15) is 0 Å². The summed E-state index contributed by atoms with van der Waals surface area (Å²) in [7, 11) is 0. The van der Waals surface area contributed by atoms with E-state index in [2.05, 4.69) is 15.9 Å². The van der Waals surface area contributed by atoms with Gasteiger partial charge >= 0.3 is 0 Å². The molecule has 1 saturated heterocycles. The first kappa shape index (κ1) is 12.8. The highest BCUT2D eigenvalue weighted by Crippen LogP contribution is 2.48.